The second kappa shape index (κ2) is 9.37. The maximum absolute atomic E-state index is 13.3. The van der Waals surface area contributed by atoms with Gasteiger partial charge in [0, 0.05) is 24.3 Å². The Hall–Kier alpha value is -3.16. The first-order valence-electron chi connectivity index (χ1n) is 11.1. The van der Waals surface area contributed by atoms with Gasteiger partial charge in [0.05, 0.1) is 17.3 Å². The molecule has 0 bridgehead atoms. The van der Waals surface area contributed by atoms with Gasteiger partial charge in [-0.25, -0.2) is 4.98 Å². The molecule has 33 heavy (non-hydrogen) atoms. The Morgan fingerprint density at radius 1 is 1.15 bits per heavy atom. The first-order valence-corrected chi connectivity index (χ1v) is 11.4. The third-order valence-corrected chi connectivity index (χ3v) is 6.42. The number of likely N-dealkylation sites (N-methyl/N-ethyl adjacent to an activating group) is 1. The number of amides is 1. The van der Waals surface area contributed by atoms with E-state index in [1.165, 1.54) is 4.90 Å². The van der Waals surface area contributed by atoms with E-state index in [-0.39, 0.29) is 11.3 Å². The van der Waals surface area contributed by atoms with Crippen molar-refractivity contribution in [3.63, 3.8) is 0 Å². The fourth-order valence-corrected chi connectivity index (χ4v) is 4.65. The van der Waals surface area contributed by atoms with E-state index in [1.54, 1.807) is 35.7 Å². The summed E-state index contributed by atoms with van der Waals surface area (Å²) in [5.74, 6) is -1.57. The molecule has 1 N–H and O–H groups in total. The predicted molar refractivity (Wildman–Crippen MR) is 128 cm³/mol. The number of benzene rings is 1. The second-order valence-corrected chi connectivity index (χ2v) is 8.49. The molecule has 4 rings (SSSR count). The standard InChI is InChI=1S/C25H27ClN4O3/c1-4-28(5-2)13-14-30-22(17-9-8-10-18(26)15-17)20(24(32)25(30)33)23(31)21-16(3)27-19-11-6-7-12-29(19)21/h6-12,15,22,31H,4-5,13-14H2,1-3H3/b23-20+/t22-/m1/s1. The summed E-state index contributed by atoms with van der Waals surface area (Å²) < 4.78 is 1.73. The highest BCUT2D eigenvalue weighted by molar-refractivity contribution is 6.46. The van der Waals surface area contributed by atoms with Crippen LogP contribution in [0.2, 0.25) is 5.02 Å². The highest BCUT2D eigenvalue weighted by Gasteiger charge is 2.46. The molecule has 7 nitrogen and oxygen atoms in total. The Morgan fingerprint density at radius 2 is 1.91 bits per heavy atom. The van der Waals surface area contributed by atoms with Crippen LogP contribution >= 0.6 is 11.6 Å². The molecule has 3 heterocycles. The molecule has 1 amide bonds. The second-order valence-electron chi connectivity index (χ2n) is 8.05. The minimum Gasteiger partial charge on any atom is -0.505 e. The monoisotopic (exact) mass is 466 g/mol. The van der Waals surface area contributed by atoms with E-state index in [4.69, 9.17) is 11.6 Å². The molecule has 1 saturated heterocycles. The third kappa shape index (κ3) is 4.14. The largest absolute Gasteiger partial charge is 0.505 e. The third-order valence-electron chi connectivity index (χ3n) is 6.18. The van der Waals surface area contributed by atoms with Crippen LogP contribution in [-0.4, -0.2) is 62.2 Å². The number of aliphatic hydroxyl groups is 1. The Kier molecular flexibility index (Phi) is 6.54. The summed E-state index contributed by atoms with van der Waals surface area (Å²) in [5, 5.41) is 11.9. The first kappa shape index (κ1) is 23.0. The van der Waals surface area contributed by atoms with Crippen molar-refractivity contribution in [2.45, 2.75) is 26.8 Å². The van der Waals surface area contributed by atoms with Crippen LogP contribution in [0.4, 0.5) is 0 Å². The molecule has 1 aliphatic rings. The molecule has 172 valence electrons. The molecule has 0 radical (unpaired) electrons. The van der Waals surface area contributed by atoms with E-state index in [9.17, 15) is 14.7 Å². The lowest BCUT2D eigenvalue weighted by Gasteiger charge is -2.28. The fraction of sp³-hybridized carbons (Fsp3) is 0.320. The van der Waals surface area contributed by atoms with Crippen molar-refractivity contribution >= 4 is 34.7 Å². The lowest BCUT2D eigenvalue weighted by molar-refractivity contribution is -0.140. The molecule has 1 aliphatic heterocycles. The van der Waals surface area contributed by atoms with Gasteiger partial charge >= 0.3 is 0 Å². The zero-order valence-electron chi connectivity index (χ0n) is 19.0. The number of aliphatic hydroxyl groups excluding tert-OH is 1. The molecular formula is C25H27ClN4O3. The lowest BCUT2D eigenvalue weighted by Crippen LogP contribution is -2.38. The minimum absolute atomic E-state index is 0.0515. The Bertz CT molecular complexity index is 1250. The smallest absolute Gasteiger partial charge is 0.295 e. The number of rotatable bonds is 7. The Balaban J connectivity index is 1.88. The van der Waals surface area contributed by atoms with Crippen LogP contribution in [-0.2, 0) is 9.59 Å². The van der Waals surface area contributed by atoms with Crippen molar-refractivity contribution in [1.82, 2.24) is 19.2 Å². The van der Waals surface area contributed by atoms with Crippen molar-refractivity contribution in [3.8, 4) is 0 Å². The van der Waals surface area contributed by atoms with Gasteiger partial charge in [-0.3, -0.25) is 14.0 Å². The van der Waals surface area contributed by atoms with Crippen LogP contribution < -0.4 is 0 Å². The Labute approximate surface area is 197 Å². The summed E-state index contributed by atoms with van der Waals surface area (Å²) in [6, 6.07) is 11.8. The normalized spacial score (nSPS) is 18.1. The van der Waals surface area contributed by atoms with Crippen LogP contribution in [0.3, 0.4) is 0 Å². The van der Waals surface area contributed by atoms with Crippen molar-refractivity contribution in [1.29, 1.82) is 0 Å². The van der Waals surface area contributed by atoms with E-state index >= 15 is 0 Å². The fourth-order valence-electron chi connectivity index (χ4n) is 4.45. The topological polar surface area (TPSA) is 78.2 Å². The van der Waals surface area contributed by atoms with Gasteiger partial charge in [-0.2, -0.15) is 0 Å². The SMILES string of the molecule is CCN(CC)CCN1C(=O)C(=O)/C(=C(/O)c2c(C)nc3ccccn23)[C@H]1c1cccc(Cl)c1. The number of fused-ring (bicyclic) bond motifs is 1. The molecular weight excluding hydrogens is 440 g/mol. The lowest BCUT2D eigenvalue weighted by atomic mass is 9.96. The number of aromatic nitrogens is 2. The number of carbonyl (C=O) groups excluding carboxylic acids is 2. The zero-order valence-corrected chi connectivity index (χ0v) is 19.7. The zero-order chi connectivity index (χ0) is 23.7. The number of hydrogen-bond acceptors (Lipinski definition) is 5. The van der Waals surface area contributed by atoms with E-state index < -0.39 is 17.7 Å². The summed E-state index contributed by atoms with van der Waals surface area (Å²) in [6.07, 6.45) is 1.77. The van der Waals surface area contributed by atoms with Crippen LogP contribution in [0.5, 0.6) is 0 Å². The highest BCUT2D eigenvalue weighted by Crippen LogP contribution is 2.40. The molecule has 1 fully saturated rings. The van der Waals surface area contributed by atoms with Crippen LogP contribution in [0.25, 0.3) is 11.4 Å². The van der Waals surface area contributed by atoms with Gasteiger partial charge < -0.3 is 14.9 Å². The Morgan fingerprint density at radius 3 is 2.61 bits per heavy atom. The first-order chi connectivity index (χ1) is 15.9. The van der Waals surface area contributed by atoms with Crippen LogP contribution in [0.15, 0.2) is 54.2 Å². The summed E-state index contributed by atoms with van der Waals surface area (Å²) in [4.78, 5) is 34.6. The molecule has 0 aliphatic carbocycles. The quantitative estimate of drug-likeness (QED) is 0.323. The van der Waals surface area contributed by atoms with Crippen LogP contribution in [0, 0.1) is 6.92 Å². The van der Waals surface area contributed by atoms with Gasteiger partial charge in [-0.1, -0.05) is 43.6 Å². The van der Waals surface area contributed by atoms with Gasteiger partial charge in [0.15, 0.2) is 5.76 Å². The molecule has 3 aromatic rings. The molecule has 8 heteroatoms. The molecule has 0 saturated carbocycles. The number of halogens is 1. The van der Waals surface area contributed by atoms with E-state index in [2.05, 4.69) is 23.7 Å². The maximum atomic E-state index is 13.3. The molecule has 1 atom stereocenters. The summed E-state index contributed by atoms with van der Waals surface area (Å²) in [6.45, 7) is 8.52. The predicted octanol–water partition coefficient (Wildman–Crippen LogP) is 4.06. The van der Waals surface area contributed by atoms with E-state index in [0.717, 1.165) is 13.1 Å². The van der Waals surface area contributed by atoms with Crippen molar-refractivity contribution in [3.05, 3.63) is 76.2 Å². The highest BCUT2D eigenvalue weighted by atomic mass is 35.5. The average Bonchev–Trinajstić information content (AvgIpc) is 3.27. The van der Waals surface area contributed by atoms with Gasteiger partial charge in [0.25, 0.3) is 11.7 Å². The van der Waals surface area contributed by atoms with E-state index in [0.29, 0.717) is 40.7 Å². The number of likely N-dealkylation sites (tertiary alicyclic amines) is 1. The molecule has 0 spiro atoms. The summed E-state index contributed by atoms with van der Waals surface area (Å²) in [5.41, 5.74) is 2.34. The van der Waals surface area contributed by atoms with Gasteiger partial charge in [-0.15, -0.1) is 0 Å². The number of ketones is 1. The number of Topliss-reactive ketones (excluding diaryl/α,β-unsaturated/α-hetero) is 1. The van der Waals surface area contributed by atoms with Crippen LogP contribution in [0.1, 0.15) is 36.8 Å². The molecule has 2 aromatic heterocycles. The number of carbonyl (C=O) groups is 2. The van der Waals surface area contributed by atoms with Crippen molar-refractivity contribution in [2.75, 3.05) is 26.2 Å². The van der Waals surface area contributed by atoms with E-state index in [1.807, 2.05) is 24.3 Å². The minimum atomic E-state index is -0.743. The van der Waals surface area contributed by atoms with Crippen molar-refractivity contribution < 1.29 is 14.7 Å². The number of pyridine rings is 1. The summed E-state index contributed by atoms with van der Waals surface area (Å²) in [7, 11) is 0. The summed E-state index contributed by atoms with van der Waals surface area (Å²) >= 11 is 6.26. The number of aryl methyl sites for hydroxylation is 1. The van der Waals surface area contributed by atoms with Gasteiger partial charge in [0.2, 0.25) is 0 Å². The number of nitrogens with zero attached hydrogens (tertiary/aromatic N) is 4. The molecule has 0 unspecified atom stereocenters. The number of hydrogen-bond donors (Lipinski definition) is 1. The van der Waals surface area contributed by atoms with Gasteiger partial charge in [-0.05, 0) is 49.8 Å². The molecule has 1 aromatic carbocycles. The maximum Gasteiger partial charge on any atom is 0.295 e. The average molecular weight is 467 g/mol. The van der Waals surface area contributed by atoms with Gasteiger partial charge in [0.1, 0.15) is 11.3 Å². The number of imidazole rings is 1. The van der Waals surface area contributed by atoms with Crippen molar-refractivity contribution in [2.24, 2.45) is 0 Å².